The zero-order chi connectivity index (χ0) is 13.8. The van der Waals surface area contributed by atoms with Crippen molar-refractivity contribution >= 4 is 22.4 Å². The molecule has 1 heterocycles. The lowest BCUT2D eigenvalue weighted by Gasteiger charge is -2.08. The van der Waals surface area contributed by atoms with E-state index in [1.165, 1.54) is 4.88 Å². The summed E-state index contributed by atoms with van der Waals surface area (Å²) in [7, 11) is 0. The van der Waals surface area contributed by atoms with Crippen molar-refractivity contribution < 1.29 is 9.90 Å². The number of aliphatic carboxylic acids is 1. The normalized spacial score (nSPS) is 10.4. The van der Waals surface area contributed by atoms with Gasteiger partial charge in [-0.05, 0) is 25.0 Å². The minimum Gasteiger partial charge on any atom is -0.481 e. The minimum atomic E-state index is -0.812. The molecular weight excluding hydrogens is 260 g/mol. The molecule has 0 radical (unpaired) electrons. The highest BCUT2D eigenvalue weighted by Gasteiger charge is 2.07. The molecule has 0 amide bonds. The highest BCUT2D eigenvalue weighted by Crippen LogP contribution is 2.22. The second-order valence-electron chi connectivity index (χ2n) is 4.35. The van der Waals surface area contributed by atoms with Gasteiger partial charge in [-0.2, -0.15) is 0 Å². The maximum absolute atomic E-state index is 10.8. The molecule has 0 atom stereocenters. The maximum Gasteiger partial charge on any atom is 0.307 e. The van der Waals surface area contributed by atoms with Crippen LogP contribution in [-0.4, -0.2) is 16.1 Å². The monoisotopic (exact) mass is 276 g/mol. The number of benzene rings is 1. The second-order valence-corrected chi connectivity index (χ2v) is 5.56. The van der Waals surface area contributed by atoms with E-state index in [-0.39, 0.29) is 6.42 Å². The first kappa shape index (κ1) is 13.5. The number of thiazole rings is 1. The Morgan fingerprint density at radius 3 is 2.58 bits per heavy atom. The molecule has 0 bridgehead atoms. The summed E-state index contributed by atoms with van der Waals surface area (Å²) in [6.45, 7) is 4.61. The number of carbonyl (C=O) groups is 1. The maximum atomic E-state index is 10.8. The van der Waals surface area contributed by atoms with Crippen LogP contribution >= 0.6 is 11.3 Å². The highest BCUT2D eigenvalue weighted by atomic mass is 32.1. The van der Waals surface area contributed by atoms with E-state index in [1.54, 1.807) is 11.3 Å². The molecule has 100 valence electrons. The summed E-state index contributed by atoms with van der Waals surface area (Å²) in [5.41, 5.74) is 2.87. The van der Waals surface area contributed by atoms with Gasteiger partial charge in [-0.15, -0.1) is 11.3 Å². The van der Waals surface area contributed by atoms with Gasteiger partial charge in [0, 0.05) is 11.4 Å². The van der Waals surface area contributed by atoms with Crippen LogP contribution in [0.25, 0.3) is 0 Å². The number of nitrogens with zero attached hydrogens (tertiary/aromatic N) is 1. The average molecular weight is 276 g/mol. The minimum absolute atomic E-state index is 0.0494. The summed E-state index contributed by atoms with van der Waals surface area (Å²) < 4.78 is 0. The lowest BCUT2D eigenvalue weighted by molar-refractivity contribution is -0.136. The Morgan fingerprint density at radius 1 is 1.32 bits per heavy atom. The molecule has 0 unspecified atom stereocenters. The third kappa shape index (κ3) is 3.54. The summed E-state index contributed by atoms with van der Waals surface area (Å²) >= 11 is 1.61. The first-order valence-corrected chi connectivity index (χ1v) is 6.84. The molecule has 2 N–H and O–H groups in total. The van der Waals surface area contributed by atoms with Crippen LogP contribution < -0.4 is 5.32 Å². The van der Waals surface area contributed by atoms with Gasteiger partial charge in [-0.1, -0.05) is 24.3 Å². The molecule has 0 saturated carbocycles. The zero-order valence-electron chi connectivity index (χ0n) is 10.9. The number of nitrogens with one attached hydrogen (secondary N) is 1. The van der Waals surface area contributed by atoms with Crippen LogP contribution in [0.5, 0.6) is 0 Å². The van der Waals surface area contributed by atoms with Crippen LogP contribution in [0.3, 0.4) is 0 Å². The third-order valence-electron chi connectivity index (χ3n) is 2.92. The van der Waals surface area contributed by atoms with Gasteiger partial charge in [0.2, 0.25) is 0 Å². The number of aryl methyl sites for hydroxylation is 2. The van der Waals surface area contributed by atoms with E-state index in [9.17, 15) is 4.79 Å². The summed E-state index contributed by atoms with van der Waals surface area (Å²) in [5.74, 6) is -0.812. The molecule has 0 saturated heterocycles. The van der Waals surface area contributed by atoms with Crippen LogP contribution in [0.4, 0.5) is 5.13 Å². The summed E-state index contributed by atoms with van der Waals surface area (Å²) in [4.78, 5) is 16.4. The molecular formula is C14H16N2O2S. The predicted octanol–water partition coefficient (Wildman–Crippen LogP) is 3.00. The van der Waals surface area contributed by atoms with Gasteiger partial charge < -0.3 is 10.4 Å². The largest absolute Gasteiger partial charge is 0.481 e. The van der Waals surface area contributed by atoms with E-state index in [2.05, 4.69) is 10.3 Å². The topological polar surface area (TPSA) is 62.2 Å². The molecule has 19 heavy (non-hydrogen) atoms. The lowest BCUT2D eigenvalue weighted by Crippen LogP contribution is -2.07. The van der Waals surface area contributed by atoms with Gasteiger partial charge in [-0.25, -0.2) is 4.98 Å². The molecule has 0 fully saturated rings. The second kappa shape index (κ2) is 5.84. The highest BCUT2D eigenvalue weighted by molar-refractivity contribution is 7.15. The van der Waals surface area contributed by atoms with E-state index in [0.717, 1.165) is 22.0 Å². The molecule has 5 heteroatoms. The fourth-order valence-corrected chi connectivity index (χ4v) is 2.59. The SMILES string of the molecule is Cc1nc(NCc2ccccc2CC(=O)O)sc1C. The third-order valence-corrected chi connectivity index (χ3v) is 3.95. The molecule has 1 aromatic heterocycles. The molecule has 1 aromatic carbocycles. The summed E-state index contributed by atoms with van der Waals surface area (Å²) in [6.07, 6.45) is 0.0494. The van der Waals surface area contributed by atoms with Gasteiger partial charge in [-0.3, -0.25) is 4.79 Å². The molecule has 2 rings (SSSR count). The molecule has 0 spiro atoms. The van der Waals surface area contributed by atoms with Crippen molar-refractivity contribution in [2.75, 3.05) is 5.32 Å². The first-order valence-electron chi connectivity index (χ1n) is 6.02. The number of carboxylic acids is 1. The van der Waals surface area contributed by atoms with Gasteiger partial charge in [0.15, 0.2) is 5.13 Å². The molecule has 0 aliphatic carbocycles. The number of hydrogen-bond donors (Lipinski definition) is 2. The van der Waals surface area contributed by atoms with Crippen molar-refractivity contribution in [2.45, 2.75) is 26.8 Å². The van der Waals surface area contributed by atoms with Gasteiger partial charge in [0.1, 0.15) is 0 Å². The van der Waals surface area contributed by atoms with Gasteiger partial charge in [0.05, 0.1) is 12.1 Å². The van der Waals surface area contributed by atoms with Crippen LogP contribution in [0.15, 0.2) is 24.3 Å². The van der Waals surface area contributed by atoms with Crippen molar-refractivity contribution in [3.05, 3.63) is 46.0 Å². The molecule has 0 aliphatic rings. The summed E-state index contributed by atoms with van der Waals surface area (Å²) in [6, 6.07) is 7.57. The summed E-state index contributed by atoms with van der Waals surface area (Å²) in [5, 5.41) is 13.0. The van der Waals surface area contributed by atoms with E-state index < -0.39 is 5.97 Å². The van der Waals surface area contributed by atoms with E-state index in [1.807, 2.05) is 38.1 Å². The van der Waals surface area contributed by atoms with Crippen LogP contribution in [0, 0.1) is 13.8 Å². The Bertz CT molecular complexity index is 573. The Morgan fingerprint density at radius 2 is 2.00 bits per heavy atom. The van der Waals surface area contributed by atoms with Crippen molar-refractivity contribution in [2.24, 2.45) is 0 Å². The van der Waals surface area contributed by atoms with E-state index >= 15 is 0 Å². The zero-order valence-corrected chi connectivity index (χ0v) is 11.8. The Labute approximate surface area is 116 Å². The Kier molecular flexibility index (Phi) is 4.16. The van der Waals surface area contributed by atoms with Crippen molar-refractivity contribution in [1.29, 1.82) is 0 Å². The quantitative estimate of drug-likeness (QED) is 0.881. The number of carboxylic acid groups (broad SMARTS) is 1. The van der Waals surface area contributed by atoms with Crippen LogP contribution in [-0.2, 0) is 17.8 Å². The molecule has 4 nitrogen and oxygen atoms in total. The molecule has 0 aliphatic heterocycles. The lowest BCUT2D eigenvalue weighted by atomic mass is 10.0. The van der Waals surface area contributed by atoms with E-state index in [4.69, 9.17) is 5.11 Å². The number of aromatic nitrogens is 1. The number of hydrogen-bond acceptors (Lipinski definition) is 4. The fourth-order valence-electron chi connectivity index (χ4n) is 1.78. The van der Waals surface area contributed by atoms with E-state index in [0.29, 0.717) is 6.54 Å². The van der Waals surface area contributed by atoms with Gasteiger partial charge in [0.25, 0.3) is 0 Å². The smallest absolute Gasteiger partial charge is 0.307 e. The Balaban J connectivity index is 2.08. The van der Waals surface area contributed by atoms with Crippen LogP contribution in [0.1, 0.15) is 21.7 Å². The number of rotatable bonds is 5. The first-order chi connectivity index (χ1) is 9.06. The average Bonchev–Trinajstić information content (AvgIpc) is 2.67. The Hall–Kier alpha value is -1.88. The van der Waals surface area contributed by atoms with Crippen LogP contribution in [0.2, 0.25) is 0 Å². The van der Waals surface area contributed by atoms with Gasteiger partial charge >= 0.3 is 5.97 Å². The molecule has 2 aromatic rings. The van der Waals surface area contributed by atoms with Crippen molar-refractivity contribution in [3.8, 4) is 0 Å². The van der Waals surface area contributed by atoms with Crippen molar-refractivity contribution in [1.82, 2.24) is 4.98 Å². The standard InChI is InChI=1S/C14H16N2O2S/c1-9-10(2)19-14(16-9)15-8-12-6-4-3-5-11(12)7-13(17)18/h3-6H,7-8H2,1-2H3,(H,15,16)(H,17,18). The fraction of sp³-hybridized carbons (Fsp3) is 0.286. The predicted molar refractivity (Wildman–Crippen MR) is 76.7 cm³/mol. The number of anilines is 1. The van der Waals surface area contributed by atoms with Crippen molar-refractivity contribution in [3.63, 3.8) is 0 Å².